The van der Waals surface area contributed by atoms with E-state index in [0.717, 1.165) is 15.3 Å². The average Bonchev–Trinajstić information content (AvgIpc) is 2.38. The Morgan fingerprint density at radius 1 is 1.25 bits per heavy atom. The molecule has 1 aromatic rings. The highest BCUT2D eigenvalue weighted by atomic mass is 32.1. The minimum Gasteiger partial charge on any atom is -0.423 e. The van der Waals surface area contributed by atoms with Crippen LogP contribution >= 0.6 is 11.3 Å². The molecule has 0 aromatic carbocycles. The van der Waals surface area contributed by atoms with Crippen molar-refractivity contribution in [3.8, 4) is 0 Å². The molecule has 2 rings (SSSR count). The fourth-order valence-corrected chi connectivity index (χ4v) is 2.54. The normalized spacial score (nSPS) is 14.8. The first kappa shape index (κ1) is 7.55. The number of carbonyl (C=O) groups excluding carboxylic acids is 1. The number of aryl methyl sites for hydroxylation is 2. The van der Waals surface area contributed by atoms with Gasteiger partial charge in [-0.05, 0) is 13.8 Å². The zero-order chi connectivity index (χ0) is 8.88. The first-order chi connectivity index (χ1) is 5.61. The Bertz CT molecular complexity index is 353. The van der Waals surface area contributed by atoms with Gasteiger partial charge < -0.3 is 4.74 Å². The fourth-order valence-electron chi connectivity index (χ4n) is 1.48. The number of thiophene rings is 1. The van der Waals surface area contributed by atoms with Crippen molar-refractivity contribution in [1.29, 1.82) is 0 Å². The number of rotatable bonds is 0. The third kappa shape index (κ3) is 0.770. The zero-order valence-electron chi connectivity index (χ0n) is 6.93. The monoisotopic (exact) mass is 180 g/mol. The van der Waals surface area contributed by atoms with Crippen LogP contribution < -0.4 is 0 Å². The minimum absolute atomic E-state index is 0.253. The Balaban J connectivity index is 2.78. The van der Waals surface area contributed by atoms with E-state index in [1.807, 2.05) is 13.8 Å². The van der Waals surface area contributed by atoms with Gasteiger partial charge in [0.15, 0.2) is 0 Å². The highest BCUT2D eigenvalue weighted by Gasteiger charge is 2.30. The SMILES string of the molecule is C=C1OC(=O)c2c(C)sc(C)c21. The van der Waals surface area contributed by atoms with Gasteiger partial charge in [-0.15, -0.1) is 11.3 Å². The Morgan fingerprint density at radius 3 is 2.42 bits per heavy atom. The molecule has 0 bridgehead atoms. The molecule has 3 heteroatoms. The van der Waals surface area contributed by atoms with Crippen LogP contribution in [0.15, 0.2) is 6.58 Å². The van der Waals surface area contributed by atoms with Gasteiger partial charge in [-0.2, -0.15) is 0 Å². The summed E-state index contributed by atoms with van der Waals surface area (Å²) in [5.41, 5.74) is 1.62. The average molecular weight is 180 g/mol. The summed E-state index contributed by atoms with van der Waals surface area (Å²) in [5.74, 6) is 0.244. The summed E-state index contributed by atoms with van der Waals surface area (Å²) in [4.78, 5) is 13.4. The third-order valence-electron chi connectivity index (χ3n) is 1.96. The maximum absolute atomic E-state index is 11.2. The van der Waals surface area contributed by atoms with Crippen LogP contribution in [0.25, 0.3) is 5.76 Å². The second kappa shape index (κ2) is 2.20. The van der Waals surface area contributed by atoms with E-state index in [4.69, 9.17) is 4.74 Å². The van der Waals surface area contributed by atoms with E-state index in [0.29, 0.717) is 11.3 Å². The molecule has 1 aliphatic rings. The quantitative estimate of drug-likeness (QED) is 0.573. The van der Waals surface area contributed by atoms with Crippen LogP contribution in [0.3, 0.4) is 0 Å². The summed E-state index contributed by atoms with van der Waals surface area (Å²) in [6.07, 6.45) is 0. The Morgan fingerprint density at radius 2 is 1.83 bits per heavy atom. The van der Waals surface area contributed by atoms with Gasteiger partial charge in [0.05, 0.1) is 5.56 Å². The van der Waals surface area contributed by atoms with Crippen molar-refractivity contribution in [3.05, 3.63) is 27.5 Å². The molecule has 0 amide bonds. The van der Waals surface area contributed by atoms with Crippen molar-refractivity contribution < 1.29 is 9.53 Å². The molecule has 2 nitrogen and oxygen atoms in total. The molecule has 12 heavy (non-hydrogen) atoms. The summed E-state index contributed by atoms with van der Waals surface area (Å²) in [6.45, 7) is 7.59. The van der Waals surface area contributed by atoms with E-state index in [9.17, 15) is 4.79 Å². The minimum atomic E-state index is -0.253. The number of esters is 1. The lowest BCUT2D eigenvalue weighted by molar-refractivity contribution is 0.0716. The Kier molecular flexibility index (Phi) is 1.38. The van der Waals surface area contributed by atoms with Crippen LogP contribution in [-0.2, 0) is 4.74 Å². The lowest BCUT2D eigenvalue weighted by atomic mass is 10.1. The zero-order valence-corrected chi connectivity index (χ0v) is 7.75. The predicted octanol–water partition coefficient (Wildman–Crippen LogP) is 2.51. The summed E-state index contributed by atoms with van der Waals surface area (Å²) in [7, 11) is 0. The van der Waals surface area contributed by atoms with E-state index >= 15 is 0 Å². The molecule has 0 saturated heterocycles. The van der Waals surface area contributed by atoms with Crippen LogP contribution in [-0.4, -0.2) is 5.97 Å². The van der Waals surface area contributed by atoms with Crippen LogP contribution in [0, 0.1) is 13.8 Å². The van der Waals surface area contributed by atoms with Gasteiger partial charge in [-0.1, -0.05) is 6.58 Å². The second-order valence-electron chi connectivity index (χ2n) is 2.78. The van der Waals surface area contributed by atoms with Gasteiger partial charge in [-0.3, -0.25) is 0 Å². The number of hydrogen-bond acceptors (Lipinski definition) is 3. The molecule has 0 aliphatic carbocycles. The van der Waals surface area contributed by atoms with Crippen LogP contribution in [0.5, 0.6) is 0 Å². The topological polar surface area (TPSA) is 26.3 Å². The number of cyclic esters (lactones) is 1. The Hall–Kier alpha value is -1.09. The molecule has 0 spiro atoms. The molecule has 2 heterocycles. The molecular weight excluding hydrogens is 172 g/mol. The predicted molar refractivity (Wildman–Crippen MR) is 48.2 cm³/mol. The van der Waals surface area contributed by atoms with E-state index in [1.54, 1.807) is 11.3 Å². The van der Waals surface area contributed by atoms with Crippen LogP contribution in [0.4, 0.5) is 0 Å². The van der Waals surface area contributed by atoms with Gasteiger partial charge >= 0.3 is 5.97 Å². The molecule has 0 N–H and O–H groups in total. The van der Waals surface area contributed by atoms with Gasteiger partial charge in [0, 0.05) is 15.3 Å². The lowest BCUT2D eigenvalue weighted by Gasteiger charge is -1.93. The molecule has 1 aromatic heterocycles. The molecule has 0 radical (unpaired) electrons. The standard InChI is InChI=1S/C9H8O2S/c1-4-7-5(2)12-6(3)8(7)9(10)11-4/h1H2,2-3H3. The Labute approximate surface area is 74.5 Å². The van der Waals surface area contributed by atoms with Crippen molar-refractivity contribution in [2.45, 2.75) is 13.8 Å². The van der Waals surface area contributed by atoms with Gasteiger partial charge in [-0.25, -0.2) is 4.79 Å². The molecule has 62 valence electrons. The van der Waals surface area contributed by atoms with Crippen molar-refractivity contribution in [2.75, 3.05) is 0 Å². The lowest BCUT2D eigenvalue weighted by Crippen LogP contribution is -1.93. The van der Waals surface area contributed by atoms with Gasteiger partial charge in [0.1, 0.15) is 5.76 Å². The highest BCUT2D eigenvalue weighted by molar-refractivity contribution is 7.12. The highest BCUT2D eigenvalue weighted by Crippen LogP contribution is 2.38. The van der Waals surface area contributed by atoms with Gasteiger partial charge in [0.25, 0.3) is 0 Å². The fraction of sp³-hybridized carbons (Fsp3) is 0.222. The molecule has 0 saturated carbocycles. The van der Waals surface area contributed by atoms with Crippen LogP contribution in [0.1, 0.15) is 25.7 Å². The summed E-state index contributed by atoms with van der Waals surface area (Å²) in [5, 5.41) is 0. The van der Waals surface area contributed by atoms with E-state index in [2.05, 4.69) is 6.58 Å². The first-order valence-electron chi connectivity index (χ1n) is 3.62. The molecule has 1 aliphatic heterocycles. The molecule has 0 atom stereocenters. The number of ether oxygens (including phenoxy) is 1. The van der Waals surface area contributed by atoms with E-state index in [1.165, 1.54) is 0 Å². The van der Waals surface area contributed by atoms with Crippen molar-refractivity contribution in [2.24, 2.45) is 0 Å². The molecule has 0 fully saturated rings. The smallest absolute Gasteiger partial charge is 0.345 e. The number of fused-ring (bicyclic) bond motifs is 1. The maximum atomic E-state index is 11.2. The van der Waals surface area contributed by atoms with Crippen LogP contribution in [0.2, 0.25) is 0 Å². The van der Waals surface area contributed by atoms with Gasteiger partial charge in [0.2, 0.25) is 0 Å². The summed E-state index contributed by atoms with van der Waals surface area (Å²) < 4.78 is 4.91. The molecule has 0 unspecified atom stereocenters. The molecular formula is C9H8O2S. The maximum Gasteiger partial charge on any atom is 0.345 e. The summed E-state index contributed by atoms with van der Waals surface area (Å²) in [6, 6.07) is 0. The number of carbonyl (C=O) groups is 1. The summed E-state index contributed by atoms with van der Waals surface area (Å²) >= 11 is 1.62. The van der Waals surface area contributed by atoms with Crippen molar-refractivity contribution >= 4 is 23.1 Å². The van der Waals surface area contributed by atoms with E-state index in [-0.39, 0.29) is 5.97 Å². The second-order valence-corrected chi connectivity index (χ2v) is 4.21. The number of hydrogen-bond donors (Lipinski definition) is 0. The first-order valence-corrected chi connectivity index (χ1v) is 4.44. The third-order valence-corrected chi connectivity index (χ3v) is 2.98. The van der Waals surface area contributed by atoms with Crippen molar-refractivity contribution in [3.63, 3.8) is 0 Å². The van der Waals surface area contributed by atoms with Crippen molar-refractivity contribution in [1.82, 2.24) is 0 Å². The largest absolute Gasteiger partial charge is 0.423 e. The van der Waals surface area contributed by atoms with E-state index < -0.39 is 0 Å².